The largest absolute Gasteiger partial charge is 0.450 e. The molecular formula is C19H16ClNO4. The van der Waals surface area contributed by atoms with Gasteiger partial charge in [-0.3, -0.25) is 4.79 Å². The van der Waals surface area contributed by atoms with E-state index >= 15 is 0 Å². The van der Waals surface area contributed by atoms with E-state index in [2.05, 4.69) is 5.32 Å². The standard InChI is InChI=1S/C19H16ClNO4/c1-11-9-13(20)7-8-15(11)21-17(22)10-24-19(23)18-12(2)14-5-3-4-6-16(14)25-18/h3-9H,10H2,1-2H3,(H,21,22). The minimum absolute atomic E-state index is 0.108. The zero-order valence-corrected chi connectivity index (χ0v) is 14.5. The Balaban J connectivity index is 1.65. The van der Waals surface area contributed by atoms with Gasteiger partial charge in [-0.05, 0) is 43.7 Å². The van der Waals surface area contributed by atoms with Crippen molar-refractivity contribution in [3.63, 3.8) is 0 Å². The number of ether oxygens (including phenoxy) is 1. The van der Waals surface area contributed by atoms with Crippen molar-refractivity contribution >= 4 is 40.1 Å². The first-order chi connectivity index (χ1) is 12.0. The van der Waals surface area contributed by atoms with Crippen LogP contribution in [0.4, 0.5) is 5.69 Å². The number of esters is 1. The molecule has 0 aliphatic rings. The van der Waals surface area contributed by atoms with Crippen LogP contribution in [-0.2, 0) is 9.53 Å². The molecule has 1 amide bonds. The molecule has 0 aliphatic carbocycles. The first kappa shape index (κ1) is 17.0. The topological polar surface area (TPSA) is 68.5 Å². The second-order valence-corrected chi connectivity index (χ2v) is 6.07. The zero-order chi connectivity index (χ0) is 18.0. The molecule has 128 valence electrons. The van der Waals surface area contributed by atoms with Crippen molar-refractivity contribution in [2.75, 3.05) is 11.9 Å². The molecule has 25 heavy (non-hydrogen) atoms. The van der Waals surface area contributed by atoms with Crippen LogP contribution in [0.3, 0.4) is 0 Å². The van der Waals surface area contributed by atoms with Crippen molar-refractivity contribution in [3.8, 4) is 0 Å². The molecule has 5 nitrogen and oxygen atoms in total. The first-order valence-corrected chi connectivity index (χ1v) is 8.05. The SMILES string of the molecule is Cc1cc(Cl)ccc1NC(=O)COC(=O)c1oc2ccccc2c1C. The van der Waals surface area contributed by atoms with Crippen LogP contribution in [0, 0.1) is 13.8 Å². The first-order valence-electron chi connectivity index (χ1n) is 7.67. The fraction of sp³-hybridized carbons (Fsp3) is 0.158. The van der Waals surface area contributed by atoms with E-state index in [1.54, 1.807) is 31.2 Å². The van der Waals surface area contributed by atoms with Gasteiger partial charge in [-0.25, -0.2) is 4.79 Å². The Hall–Kier alpha value is -2.79. The molecule has 1 heterocycles. The minimum Gasteiger partial charge on any atom is -0.450 e. The van der Waals surface area contributed by atoms with Crippen LogP contribution in [0.15, 0.2) is 46.9 Å². The minimum atomic E-state index is -0.670. The lowest BCUT2D eigenvalue weighted by atomic mass is 10.1. The molecule has 0 fully saturated rings. The maximum absolute atomic E-state index is 12.2. The Morgan fingerprint density at radius 1 is 1.16 bits per heavy atom. The number of benzene rings is 2. The van der Waals surface area contributed by atoms with Crippen molar-refractivity contribution in [2.24, 2.45) is 0 Å². The molecule has 0 radical (unpaired) electrons. The number of nitrogens with one attached hydrogen (secondary N) is 1. The number of fused-ring (bicyclic) bond motifs is 1. The third-order valence-corrected chi connectivity index (χ3v) is 4.06. The molecule has 6 heteroatoms. The van der Waals surface area contributed by atoms with Gasteiger partial charge in [0.1, 0.15) is 5.58 Å². The van der Waals surface area contributed by atoms with Crippen molar-refractivity contribution in [1.82, 2.24) is 0 Å². The number of hydrogen-bond donors (Lipinski definition) is 1. The van der Waals surface area contributed by atoms with Crippen molar-refractivity contribution in [3.05, 3.63) is 64.4 Å². The lowest BCUT2D eigenvalue weighted by Crippen LogP contribution is -2.21. The number of halogens is 1. The average molecular weight is 358 g/mol. The summed E-state index contributed by atoms with van der Waals surface area (Å²) in [6.07, 6.45) is 0. The number of carbonyl (C=O) groups excluding carboxylic acids is 2. The molecule has 3 aromatic rings. The highest BCUT2D eigenvalue weighted by Crippen LogP contribution is 2.25. The number of anilines is 1. The molecule has 0 aliphatic heterocycles. The fourth-order valence-electron chi connectivity index (χ4n) is 2.52. The molecule has 0 spiro atoms. The van der Waals surface area contributed by atoms with Gasteiger partial charge in [-0.15, -0.1) is 0 Å². The molecule has 0 saturated heterocycles. The van der Waals surface area contributed by atoms with Crippen LogP contribution in [0.25, 0.3) is 11.0 Å². The van der Waals surface area contributed by atoms with Gasteiger partial charge in [0.25, 0.3) is 5.91 Å². The highest BCUT2D eigenvalue weighted by atomic mass is 35.5. The molecule has 3 rings (SSSR count). The van der Waals surface area contributed by atoms with Crippen LogP contribution >= 0.6 is 11.6 Å². The monoisotopic (exact) mass is 357 g/mol. The summed E-state index contributed by atoms with van der Waals surface area (Å²) in [7, 11) is 0. The van der Waals surface area contributed by atoms with E-state index in [1.807, 2.05) is 25.1 Å². The van der Waals surface area contributed by atoms with Gasteiger partial charge in [0.2, 0.25) is 5.76 Å². The summed E-state index contributed by atoms with van der Waals surface area (Å²) in [4.78, 5) is 24.2. The van der Waals surface area contributed by atoms with Gasteiger partial charge in [-0.1, -0.05) is 29.8 Å². The molecular weight excluding hydrogens is 342 g/mol. The summed E-state index contributed by atoms with van der Waals surface area (Å²) in [5.41, 5.74) is 2.73. The number of aryl methyl sites for hydroxylation is 2. The Kier molecular flexibility index (Phi) is 4.76. The number of amides is 1. The summed E-state index contributed by atoms with van der Waals surface area (Å²) in [5.74, 6) is -0.999. The van der Waals surface area contributed by atoms with Crippen LogP contribution in [-0.4, -0.2) is 18.5 Å². The molecule has 0 bridgehead atoms. The van der Waals surface area contributed by atoms with Crippen LogP contribution in [0.1, 0.15) is 21.7 Å². The lowest BCUT2D eigenvalue weighted by molar-refractivity contribution is -0.119. The molecule has 0 atom stereocenters. The Labute approximate surface area is 149 Å². The van der Waals surface area contributed by atoms with E-state index in [0.29, 0.717) is 21.9 Å². The van der Waals surface area contributed by atoms with E-state index in [1.165, 1.54) is 0 Å². The molecule has 1 N–H and O–H groups in total. The van der Waals surface area contributed by atoms with E-state index in [0.717, 1.165) is 10.9 Å². The second kappa shape index (κ2) is 6.99. The van der Waals surface area contributed by atoms with Gasteiger partial charge >= 0.3 is 5.97 Å². The summed E-state index contributed by atoms with van der Waals surface area (Å²) >= 11 is 5.88. The van der Waals surface area contributed by atoms with E-state index in [4.69, 9.17) is 20.8 Å². The molecule has 0 saturated carbocycles. The van der Waals surface area contributed by atoms with Crippen molar-refractivity contribution in [1.29, 1.82) is 0 Å². The quantitative estimate of drug-likeness (QED) is 0.698. The van der Waals surface area contributed by atoms with E-state index in [-0.39, 0.29) is 5.76 Å². The average Bonchev–Trinajstić information content (AvgIpc) is 2.93. The Bertz CT molecular complexity index is 961. The third kappa shape index (κ3) is 3.67. The summed E-state index contributed by atoms with van der Waals surface area (Å²) in [6, 6.07) is 12.4. The maximum atomic E-state index is 12.2. The summed E-state index contributed by atoms with van der Waals surface area (Å²) < 4.78 is 10.6. The number of rotatable bonds is 4. The number of carbonyl (C=O) groups is 2. The smallest absolute Gasteiger partial charge is 0.375 e. The Morgan fingerprint density at radius 2 is 1.92 bits per heavy atom. The predicted molar refractivity (Wildman–Crippen MR) is 96.1 cm³/mol. The normalized spacial score (nSPS) is 10.7. The van der Waals surface area contributed by atoms with Crippen LogP contribution < -0.4 is 5.32 Å². The van der Waals surface area contributed by atoms with Crippen molar-refractivity contribution < 1.29 is 18.7 Å². The van der Waals surface area contributed by atoms with Gasteiger partial charge in [0, 0.05) is 21.7 Å². The van der Waals surface area contributed by atoms with Gasteiger partial charge in [0.15, 0.2) is 6.61 Å². The molecule has 0 unspecified atom stereocenters. The van der Waals surface area contributed by atoms with Crippen LogP contribution in [0.5, 0.6) is 0 Å². The highest BCUT2D eigenvalue weighted by Gasteiger charge is 2.19. The summed E-state index contributed by atoms with van der Waals surface area (Å²) in [6.45, 7) is 3.20. The fourth-order valence-corrected chi connectivity index (χ4v) is 2.75. The second-order valence-electron chi connectivity index (χ2n) is 5.64. The van der Waals surface area contributed by atoms with Gasteiger partial charge < -0.3 is 14.5 Å². The number of para-hydroxylation sites is 1. The van der Waals surface area contributed by atoms with Crippen LogP contribution in [0.2, 0.25) is 5.02 Å². The van der Waals surface area contributed by atoms with E-state index in [9.17, 15) is 9.59 Å². The maximum Gasteiger partial charge on any atom is 0.375 e. The highest BCUT2D eigenvalue weighted by molar-refractivity contribution is 6.30. The van der Waals surface area contributed by atoms with Crippen molar-refractivity contribution in [2.45, 2.75) is 13.8 Å². The van der Waals surface area contributed by atoms with Gasteiger partial charge in [0.05, 0.1) is 0 Å². The Morgan fingerprint density at radius 3 is 2.64 bits per heavy atom. The predicted octanol–water partition coefficient (Wildman–Crippen LogP) is 4.50. The van der Waals surface area contributed by atoms with Gasteiger partial charge in [-0.2, -0.15) is 0 Å². The van der Waals surface area contributed by atoms with E-state index < -0.39 is 18.5 Å². The third-order valence-electron chi connectivity index (χ3n) is 3.83. The summed E-state index contributed by atoms with van der Waals surface area (Å²) in [5, 5.41) is 4.11. The number of hydrogen-bond acceptors (Lipinski definition) is 4. The lowest BCUT2D eigenvalue weighted by Gasteiger charge is -2.09. The zero-order valence-electron chi connectivity index (χ0n) is 13.8. The molecule has 1 aromatic heterocycles. The number of furan rings is 1. The molecule has 2 aromatic carbocycles.